The van der Waals surface area contributed by atoms with Crippen LogP contribution in [0.15, 0.2) is 18.5 Å². The summed E-state index contributed by atoms with van der Waals surface area (Å²) >= 11 is 1.93. The number of nitrogens with zero attached hydrogens (tertiary/aromatic N) is 2. The highest BCUT2D eigenvalue weighted by Gasteiger charge is 2.25. The van der Waals surface area contributed by atoms with Crippen LogP contribution in [0.1, 0.15) is 56.6 Å². The number of thiophene rings is 1. The van der Waals surface area contributed by atoms with E-state index in [1.54, 1.807) is 6.33 Å². The Morgan fingerprint density at radius 2 is 1.89 bits per heavy atom. The number of nitrogens with one attached hydrogen (secondary N) is 1. The molecule has 0 aliphatic heterocycles. The van der Waals surface area contributed by atoms with Crippen molar-refractivity contribution in [1.82, 2.24) is 15.2 Å². The van der Waals surface area contributed by atoms with Gasteiger partial charge in [0.1, 0.15) is 6.33 Å². The first-order chi connectivity index (χ1) is 8.79. The SMILES string of the molecule is CC(C)(C)c1ccc(CCC(C)(C)c2nc[nH]n2)s1. The van der Waals surface area contributed by atoms with E-state index in [2.05, 4.69) is 61.9 Å². The van der Waals surface area contributed by atoms with Crippen LogP contribution in [-0.2, 0) is 17.3 Å². The van der Waals surface area contributed by atoms with Crippen LogP contribution in [-0.4, -0.2) is 15.2 Å². The largest absolute Gasteiger partial charge is 0.266 e. The average Bonchev–Trinajstić information content (AvgIpc) is 2.97. The van der Waals surface area contributed by atoms with Crippen molar-refractivity contribution in [3.63, 3.8) is 0 Å². The third kappa shape index (κ3) is 3.44. The summed E-state index contributed by atoms with van der Waals surface area (Å²) in [5.74, 6) is 0.903. The van der Waals surface area contributed by atoms with Crippen LogP contribution in [0.5, 0.6) is 0 Å². The van der Waals surface area contributed by atoms with E-state index >= 15 is 0 Å². The molecule has 0 aromatic carbocycles. The lowest BCUT2D eigenvalue weighted by atomic mass is 9.87. The second-order valence-corrected chi connectivity index (χ2v) is 7.89. The summed E-state index contributed by atoms with van der Waals surface area (Å²) in [4.78, 5) is 7.19. The first-order valence-electron chi connectivity index (χ1n) is 6.74. The molecule has 0 radical (unpaired) electrons. The molecule has 0 bridgehead atoms. The Kier molecular flexibility index (Phi) is 3.81. The molecule has 0 spiro atoms. The number of aromatic nitrogens is 3. The first-order valence-corrected chi connectivity index (χ1v) is 7.56. The standard InChI is InChI=1S/C15H23N3S/c1-14(2,3)12-7-6-11(19-12)8-9-15(4,5)13-16-10-17-18-13/h6-7,10H,8-9H2,1-5H3,(H,16,17,18). The number of H-pyrrole nitrogens is 1. The number of hydrogen-bond donors (Lipinski definition) is 1. The fourth-order valence-corrected chi connectivity index (χ4v) is 3.06. The predicted molar refractivity (Wildman–Crippen MR) is 80.7 cm³/mol. The molecule has 0 aliphatic carbocycles. The van der Waals surface area contributed by atoms with Gasteiger partial charge in [-0.15, -0.1) is 11.3 Å². The van der Waals surface area contributed by atoms with Gasteiger partial charge < -0.3 is 0 Å². The fraction of sp³-hybridized carbons (Fsp3) is 0.600. The van der Waals surface area contributed by atoms with Gasteiger partial charge in [-0.3, -0.25) is 5.10 Å². The van der Waals surface area contributed by atoms with Gasteiger partial charge in [-0.25, -0.2) is 4.98 Å². The molecule has 1 N–H and O–H groups in total. The second-order valence-electron chi connectivity index (χ2n) is 6.72. The Hall–Kier alpha value is -1.16. The molecule has 0 amide bonds. The van der Waals surface area contributed by atoms with Gasteiger partial charge in [-0.2, -0.15) is 5.10 Å². The van der Waals surface area contributed by atoms with Gasteiger partial charge in [-0.05, 0) is 30.4 Å². The highest BCUT2D eigenvalue weighted by atomic mass is 32.1. The van der Waals surface area contributed by atoms with Crippen molar-refractivity contribution in [3.8, 4) is 0 Å². The normalized spacial score (nSPS) is 12.9. The van der Waals surface area contributed by atoms with Crippen molar-refractivity contribution in [2.75, 3.05) is 0 Å². The summed E-state index contributed by atoms with van der Waals surface area (Å²) in [7, 11) is 0. The van der Waals surface area contributed by atoms with Crippen LogP contribution in [0.4, 0.5) is 0 Å². The highest BCUT2D eigenvalue weighted by Crippen LogP contribution is 2.32. The van der Waals surface area contributed by atoms with Crippen LogP contribution in [0.3, 0.4) is 0 Å². The van der Waals surface area contributed by atoms with Crippen molar-refractivity contribution >= 4 is 11.3 Å². The zero-order valence-electron chi connectivity index (χ0n) is 12.4. The van der Waals surface area contributed by atoms with Gasteiger partial charge >= 0.3 is 0 Å². The third-order valence-electron chi connectivity index (χ3n) is 3.42. The summed E-state index contributed by atoms with van der Waals surface area (Å²) in [6.45, 7) is 11.2. The third-order valence-corrected chi connectivity index (χ3v) is 4.99. The molecule has 0 fully saturated rings. The first kappa shape index (κ1) is 14.3. The zero-order chi connectivity index (χ0) is 14.1. The molecule has 104 valence electrons. The van der Waals surface area contributed by atoms with Gasteiger partial charge in [0, 0.05) is 15.2 Å². The van der Waals surface area contributed by atoms with Crippen LogP contribution >= 0.6 is 11.3 Å². The van der Waals surface area contributed by atoms with Crippen molar-refractivity contribution in [3.05, 3.63) is 34.0 Å². The molecular weight excluding hydrogens is 254 g/mol. The molecule has 2 aromatic heterocycles. The highest BCUT2D eigenvalue weighted by molar-refractivity contribution is 7.12. The zero-order valence-corrected chi connectivity index (χ0v) is 13.3. The van der Waals surface area contributed by atoms with E-state index in [-0.39, 0.29) is 10.8 Å². The molecule has 2 aromatic rings. The van der Waals surface area contributed by atoms with Crippen molar-refractivity contribution in [2.24, 2.45) is 0 Å². The molecule has 19 heavy (non-hydrogen) atoms. The lowest BCUT2D eigenvalue weighted by Gasteiger charge is -2.20. The van der Waals surface area contributed by atoms with Crippen molar-refractivity contribution < 1.29 is 0 Å². The topological polar surface area (TPSA) is 41.6 Å². The smallest absolute Gasteiger partial charge is 0.155 e. The molecular formula is C15H23N3S. The Morgan fingerprint density at radius 1 is 1.16 bits per heavy atom. The molecule has 0 unspecified atom stereocenters. The Morgan fingerprint density at radius 3 is 2.42 bits per heavy atom. The maximum Gasteiger partial charge on any atom is 0.155 e. The van der Waals surface area contributed by atoms with Gasteiger partial charge in [-0.1, -0.05) is 34.6 Å². The van der Waals surface area contributed by atoms with E-state index in [1.165, 1.54) is 9.75 Å². The molecule has 2 rings (SSSR count). The summed E-state index contributed by atoms with van der Waals surface area (Å²) in [6.07, 6.45) is 3.80. The fourth-order valence-electron chi connectivity index (χ4n) is 2.00. The van der Waals surface area contributed by atoms with E-state index in [1.807, 2.05) is 11.3 Å². The Balaban J connectivity index is 2.01. The lowest BCUT2D eigenvalue weighted by molar-refractivity contribution is 0.453. The molecule has 3 nitrogen and oxygen atoms in total. The minimum atomic E-state index is 0.0197. The van der Waals surface area contributed by atoms with Crippen molar-refractivity contribution in [1.29, 1.82) is 0 Å². The molecule has 0 saturated heterocycles. The molecule has 4 heteroatoms. The van der Waals surface area contributed by atoms with Gasteiger partial charge in [0.15, 0.2) is 5.82 Å². The second kappa shape index (κ2) is 5.08. The van der Waals surface area contributed by atoms with E-state index < -0.39 is 0 Å². The maximum atomic E-state index is 4.28. The molecule has 0 saturated carbocycles. The number of hydrogen-bond acceptors (Lipinski definition) is 3. The van der Waals surface area contributed by atoms with Gasteiger partial charge in [0.2, 0.25) is 0 Å². The number of aryl methyl sites for hydroxylation is 1. The Bertz CT molecular complexity index is 518. The maximum absolute atomic E-state index is 4.28. The minimum absolute atomic E-state index is 0.0197. The van der Waals surface area contributed by atoms with Crippen LogP contribution in [0.2, 0.25) is 0 Å². The van der Waals surface area contributed by atoms with Crippen LogP contribution < -0.4 is 0 Å². The van der Waals surface area contributed by atoms with Crippen molar-refractivity contribution in [2.45, 2.75) is 58.3 Å². The average molecular weight is 277 g/mol. The minimum Gasteiger partial charge on any atom is -0.266 e. The quantitative estimate of drug-likeness (QED) is 0.915. The van der Waals surface area contributed by atoms with E-state index in [9.17, 15) is 0 Å². The predicted octanol–water partition coefficient (Wildman–Crippen LogP) is 4.07. The number of aromatic amines is 1. The molecule has 0 atom stereocenters. The van der Waals surface area contributed by atoms with E-state index in [0.717, 1.165) is 18.7 Å². The van der Waals surface area contributed by atoms with Crippen LogP contribution in [0, 0.1) is 0 Å². The Labute approximate surface area is 119 Å². The summed E-state index contributed by atoms with van der Waals surface area (Å²) < 4.78 is 0. The molecule has 0 aliphatic rings. The number of rotatable bonds is 4. The van der Waals surface area contributed by atoms with E-state index in [4.69, 9.17) is 0 Å². The lowest BCUT2D eigenvalue weighted by Crippen LogP contribution is -2.19. The molecule has 2 heterocycles. The van der Waals surface area contributed by atoms with Gasteiger partial charge in [0.25, 0.3) is 0 Å². The van der Waals surface area contributed by atoms with Crippen LogP contribution in [0.25, 0.3) is 0 Å². The summed E-state index contributed by atoms with van der Waals surface area (Å²) in [5.41, 5.74) is 0.272. The van der Waals surface area contributed by atoms with E-state index in [0.29, 0.717) is 0 Å². The summed E-state index contributed by atoms with van der Waals surface area (Å²) in [6, 6.07) is 4.53. The monoisotopic (exact) mass is 277 g/mol. The summed E-state index contributed by atoms with van der Waals surface area (Å²) in [5, 5.41) is 7.01. The van der Waals surface area contributed by atoms with Gasteiger partial charge in [0.05, 0.1) is 0 Å².